The van der Waals surface area contributed by atoms with Gasteiger partial charge in [-0.2, -0.15) is 0 Å². The van der Waals surface area contributed by atoms with Gasteiger partial charge in [-0.15, -0.1) is 0 Å². The Balaban J connectivity index is 1.91. The van der Waals surface area contributed by atoms with Crippen molar-refractivity contribution >= 4 is 0 Å². The number of nitrogens with zero attached hydrogens (tertiary/aromatic N) is 1. The van der Waals surface area contributed by atoms with Crippen LogP contribution in [-0.4, -0.2) is 36.6 Å². The maximum atomic E-state index is 3.77. The maximum Gasteiger partial charge on any atom is 0.0107 e. The van der Waals surface area contributed by atoms with E-state index in [0.29, 0.717) is 0 Å². The molecule has 0 aromatic heterocycles. The summed E-state index contributed by atoms with van der Waals surface area (Å²) in [5.41, 5.74) is 0. The van der Waals surface area contributed by atoms with E-state index in [2.05, 4.69) is 31.0 Å². The molecule has 112 valence electrons. The minimum absolute atomic E-state index is 0.779. The van der Waals surface area contributed by atoms with E-state index in [1.807, 2.05) is 0 Å². The molecular formula is C17H34N2. The molecule has 2 fully saturated rings. The molecule has 2 unspecified atom stereocenters. The molecule has 0 spiro atoms. The minimum Gasteiger partial charge on any atom is -0.314 e. The highest BCUT2D eigenvalue weighted by Gasteiger charge is 2.33. The van der Waals surface area contributed by atoms with Crippen LogP contribution in [0.4, 0.5) is 0 Å². The molecule has 0 bridgehead atoms. The smallest absolute Gasteiger partial charge is 0.0107 e. The van der Waals surface area contributed by atoms with Crippen molar-refractivity contribution in [3.8, 4) is 0 Å². The molecule has 2 atom stereocenters. The number of hydrogen-bond acceptors (Lipinski definition) is 2. The molecule has 19 heavy (non-hydrogen) atoms. The Kier molecular flexibility index (Phi) is 6.15. The van der Waals surface area contributed by atoms with Gasteiger partial charge in [0.05, 0.1) is 0 Å². The number of nitrogens with one attached hydrogen (secondary N) is 1. The van der Waals surface area contributed by atoms with Gasteiger partial charge in [0, 0.05) is 25.2 Å². The maximum absolute atomic E-state index is 3.77. The Bertz CT molecular complexity index is 248. The molecular weight excluding hydrogens is 232 g/mol. The van der Waals surface area contributed by atoms with Crippen molar-refractivity contribution in [3.05, 3.63) is 0 Å². The summed E-state index contributed by atoms with van der Waals surface area (Å²) in [5.74, 6) is 1.70. The molecule has 2 nitrogen and oxygen atoms in total. The summed E-state index contributed by atoms with van der Waals surface area (Å²) in [7, 11) is 0. The Labute approximate surface area is 120 Å². The van der Waals surface area contributed by atoms with E-state index < -0.39 is 0 Å². The molecule has 0 radical (unpaired) electrons. The van der Waals surface area contributed by atoms with Gasteiger partial charge in [-0.25, -0.2) is 0 Å². The predicted molar refractivity (Wildman–Crippen MR) is 83.5 cm³/mol. The summed E-state index contributed by atoms with van der Waals surface area (Å²) in [6.07, 6.45) is 10.1. The topological polar surface area (TPSA) is 15.3 Å². The van der Waals surface area contributed by atoms with Crippen LogP contribution < -0.4 is 5.32 Å². The van der Waals surface area contributed by atoms with Gasteiger partial charge >= 0.3 is 0 Å². The summed E-state index contributed by atoms with van der Waals surface area (Å²) in [4.78, 5) is 2.81. The summed E-state index contributed by atoms with van der Waals surface area (Å²) >= 11 is 0. The molecule has 2 heteroatoms. The van der Waals surface area contributed by atoms with E-state index in [1.165, 1.54) is 58.0 Å². The highest BCUT2D eigenvalue weighted by molar-refractivity contribution is 4.89. The molecule has 0 saturated heterocycles. The zero-order valence-corrected chi connectivity index (χ0v) is 13.3. The first-order valence-electron chi connectivity index (χ1n) is 8.68. The van der Waals surface area contributed by atoms with Crippen LogP contribution in [0.5, 0.6) is 0 Å². The molecule has 0 aliphatic heterocycles. The lowest BCUT2D eigenvalue weighted by Crippen LogP contribution is -2.43. The monoisotopic (exact) mass is 266 g/mol. The lowest BCUT2D eigenvalue weighted by molar-refractivity contribution is 0.171. The quantitative estimate of drug-likeness (QED) is 0.707. The van der Waals surface area contributed by atoms with E-state index >= 15 is 0 Å². The van der Waals surface area contributed by atoms with Crippen LogP contribution in [0.1, 0.15) is 65.7 Å². The first-order valence-corrected chi connectivity index (χ1v) is 8.68. The molecule has 0 aromatic rings. The third-order valence-electron chi connectivity index (χ3n) is 4.76. The molecule has 0 aromatic carbocycles. The first-order chi connectivity index (χ1) is 9.20. The molecule has 2 aliphatic carbocycles. The number of rotatable bonds is 7. The van der Waals surface area contributed by atoms with Crippen molar-refractivity contribution < 1.29 is 0 Å². The molecule has 2 saturated carbocycles. The van der Waals surface area contributed by atoms with E-state index in [9.17, 15) is 0 Å². The highest BCUT2D eigenvalue weighted by Crippen LogP contribution is 2.31. The van der Waals surface area contributed by atoms with Crippen molar-refractivity contribution in [1.82, 2.24) is 10.2 Å². The normalized spacial score (nSPS) is 28.9. The average Bonchev–Trinajstić information content (AvgIpc) is 3.17. The number of hydrogen-bond donors (Lipinski definition) is 1. The average molecular weight is 266 g/mol. The van der Waals surface area contributed by atoms with Gasteiger partial charge in [-0.3, -0.25) is 4.90 Å². The van der Waals surface area contributed by atoms with Crippen molar-refractivity contribution in [1.29, 1.82) is 0 Å². The van der Waals surface area contributed by atoms with Crippen molar-refractivity contribution in [3.63, 3.8) is 0 Å². The van der Waals surface area contributed by atoms with Gasteiger partial charge in [0.2, 0.25) is 0 Å². The Morgan fingerprint density at radius 1 is 1.05 bits per heavy atom. The van der Waals surface area contributed by atoms with Gasteiger partial charge in [-0.1, -0.05) is 40.0 Å². The van der Waals surface area contributed by atoms with Crippen LogP contribution >= 0.6 is 0 Å². The second kappa shape index (κ2) is 7.64. The van der Waals surface area contributed by atoms with Crippen LogP contribution in [0, 0.1) is 11.8 Å². The molecule has 0 amide bonds. The Morgan fingerprint density at radius 3 is 2.42 bits per heavy atom. The predicted octanol–water partition coefficient (Wildman–Crippen LogP) is 3.67. The summed E-state index contributed by atoms with van der Waals surface area (Å²) in [6, 6.07) is 1.70. The van der Waals surface area contributed by atoms with E-state index in [1.54, 1.807) is 0 Å². The van der Waals surface area contributed by atoms with E-state index in [0.717, 1.165) is 30.5 Å². The van der Waals surface area contributed by atoms with E-state index in [4.69, 9.17) is 0 Å². The van der Waals surface area contributed by atoms with Crippen LogP contribution in [0.3, 0.4) is 0 Å². The Hall–Kier alpha value is -0.0800. The standard InChI is InChI=1S/C17H34N2/c1-4-18-17-9-7-5-6-8-15(17)13-19(12-14(2)3)16-10-11-16/h14-18H,4-13H2,1-3H3. The molecule has 1 N–H and O–H groups in total. The zero-order valence-electron chi connectivity index (χ0n) is 13.3. The fraction of sp³-hybridized carbons (Fsp3) is 1.00. The van der Waals surface area contributed by atoms with Crippen LogP contribution in [0.2, 0.25) is 0 Å². The largest absolute Gasteiger partial charge is 0.314 e. The van der Waals surface area contributed by atoms with Gasteiger partial charge in [0.15, 0.2) is 0 Å². The third-order valence-corrected chi connectivity index (χ3v) is 4.76. The lowest BCUT2D eigenvalue weighted by atomic mass is 9.93. The molecule has 0 heterocycles. The second-order valence-corrected chi connectivity index (χ2v) is 7.14. The summed E-state index contributed by atoms with van der Waals surface area (Å²) < 4.78 is 0. The van der Waals surface area contributed by atoms with Gasteiger partial charge < -0.3 is 5.32 Å². The first kappa shape index (κ1) is 15.3. The van der Waals surface area contributed by atoms with Crippen LogP contribution in [0.25, 0.3) is 0 Å². The zero-order chi connectivity index (χ0) is 13.7. The Morgan fingerprint density at radius 2 is 1.79 bits per heavy atom. The SMILES string of the molecule is CCNC1CCCCCC1CN(CC(C)C)C1CC1. The fourth-order valence-electron chi connectivity index (χ4n) is 3.72. The molecule has 2 rings (SSSR count). The van der Waals surface area contributed by atoms with Gasteiger partial charge in [0.1, 0.15) is 0 Å². The van der Waals surface area contributed by atoms with E-state index in [-0.39, 0.29) is 0 Å². The minimum atomic E-state index is 0.779. The second-order valence-electron chi connectivity index (χ2n) is 7.14. The van der Waals surface area contributed by atoms with Gasteiger partial charge in [-0.05, 0) is 44.1 Å². The lowest BCUT2D eigenvalue weighted by Gasteiger charge is -2.33. The highest BCUT2D eigenvalue weighted by atomic mass is 15.2. The summed E-state index contributed by atoms with van der Waals surface area (Å²) in [6.45, 7) is 10.8. The van der Waals surface area contributed by atoms with Crippen LogP contribution in [0.15, 0.2) is 0 Å². The van der Waals surface area contributed by atoms with Crippen molar-refractivity contribution in [2.75, 3.05) is 19.6 Å². The summed E-state index contributed by atoms with van der Waals surface area (Å²) in [5, 5.41) is 3.77. The molecule has 2 aliphatic rings. The fourth-order valence-corrected chi connectivity index (χ4v) is 3.72. The van der Waals surface area contributed by atoms with Crippen molar-refractivity contribution in [2.45, 2.75) is 77.8 Å². The third kappa shape index (κ3) is 5.07. The van der Waals surface area contributed by atoms with Gasteiger partial charge in [0.25, 0.3) is 0 Å². The van der Waals surface area contributed by atoms with Crippen LogP contribution in [-0.2, 0) is 0 Å². The van der Waals surface area contributed by atoms with Crippen molar-refractivity contribution in [2.24, 2.45) is 11.8 Å².